The number of nitrogens with zero attached hydrogens (tertiary/aromatic N) is 3. The number of rotatable bonds is 8. The summed E-state index contributed by atoms with van der Waals surface area (Å²) < 4.78 is 11.0. The molecule has 29 heavy (non-hydrogen) atoms. The summed E-state index contributed by atoms with van der Waals surface area (Å²) >= 11 is 0. The Morgan fingerprint density at radius 1 is 1.21 bits per heavy atom. The fourth-order valence-corrected chi connectivity index (χ4v) is 3.04. The van der Waals surface area contributed by atoms with Crippen molar-refractivity contribution in [1.29, 1.82) is 0 Å². The van der Waals surface area contributed by atoms with Crippen molar-refractivity contribution in [2.45, 2.75) is 26.8 Å². The molecule has 0 aliphatic heterocycles. The summed E-state index contributed by atoms with van der Waals surface area (Å²) in [6.45, 7) is 6.85. The lowest BCUT2D eigenvalue weighted by atomic mass is 10.1. The van der Waals surface area contributed by atoms with Crippen molar-refractivity contribution in [3.8, 4) is 17.2 Å². The van der Waals surface area contributed by atoms with E-state index in [-0.39, 0.29) is 18.5 Å². The van der Waals surface area contributed by atoms with E-state index < -0.39 is 0 Å². The van der Waals surface area contributed by atoms with Crippen LogP contribution in [0.25, 0.3) is 11.5 Å². The first-order valence-corrected chi connectivity index (χ1v) is 9.58. The predicted octanol–water partition coefficient (Wildman–Crippen LogP) is 4.08. The van der Waals surface area contributed by atoms with Gasteiger partial charge in [-0.05, 0) is 56.8 Å². The van der Waals surface area contributed by atoms with Gasteiger partial charge in [0.25, 0.3) is 0 Å². The second-order valence-corrected chi connectivity index (χ2v) is 6.83. The van der Waals surface area contributed by atoms with Crippen molar-refractivity contribution in [2.24, 2.45) is 0 Å². The molecule has 0 unspecified atom stereocenters. The van der Waals surface area contributed by atoms with E-state index in [0.717, 1.165) is 22.6 Å². The Balaban J connectivity index is 1.65. The number of carbonyl (C=O) groups is 1. The van der Waals surface area contributed by atoms with Crippen molar-refractivity contribution in [1.82, 2.24) is 15.1 Å². The molecule has 152 valence electrons. The minimum atomic E-state index is -0.187. The van der Waals surface area contributed by atoms with Gasteiger partial charge in [-0.15, -0.1) is 10.2 Å². The molecule has 1 heterocycles. The lowest BCUT2D eigenvalue weighted by Crippen LogP contribution is -2.35. The van der Waals surface area contributed by atoms with Crippen LogP contribution in [0.5, 0.6) is 5.75 Å². The van der Waals surface area contributed by atoms with Gasteiger partial charge in [-0.2, -0.15) is 0 Å². The minimum Gasteiger partial charge on any atom is -0.497 e. The second-order valence-electron chi connectivity index (χ2n) is 6.83. The Morgan fingerprint density at radius 3 is 2.62 bits per heavy atom. The van der Waals surface area contributed by atoms with Crippen LogP contribution in [0.4, 0.5) is 5.69 Å². The zero-order valence-corrected chi connectivity index (χ0v) is 17.2. The smallest absolute Gasteiger partial charge is 0.247 e. The Morgan fingerprint density at radius 2 is 1.97 bits per heavy atom. The van der Waals surface area contributed by atoms with Crippen LogP contribution in [-0.2, 0) is 4.79 Å². The number of amides is 1. The maximum absolute atomic E-state index is 12.5. The van der Waals surface area contributed by atoms with E-state index in [0.29, 0.717) is 18.3 Å². The normalized spacial score (nSPS) is 12.0. The number of benzene rings is 2. The minimum absolute atomic E-state index is 0.109. The number of nitrogens with one attached hydrogen (secondary N) is 1. The molecule has 0 bridgehead atoms. The molecule has 0 aliphatic carbocycles. The predicted molar refractivity (Wildman–Crippen MR) is 112 cm³/mol. The molecule has 0 saturated carbocycles. The van der Waals surface area contributed by atoms with Crippen molar-refractivity contribution < 1.29 is 13.9 Å². The van der Waals surface area contributed by atoms with Crippen LogP contribution in [0.15, 0.2) is 52.9 Å². The molecule has 3 aromatic rings. The highest BCUT2D eigenvalue weighted by Gasteiger charge is 2.23. The lowest BCUT2D eigenvalue weighted by Gasteiger charge is -2.24. The van der Waals surface area contributed by atoms with Gasteiger partial charge in [-0.1, -0.05) is 24.6 Å². The molecule has 2 aromatic carbocycles. The third-order valence-electron chi connectivity index (χ3n) is 4.74. The van der Waals surface area contributed by atoms with E-state index in [9.17, 15) is 4.79 Å². The first-order valence-electron chi connectivity index (χ1n) is 9.58. The van der Waals surface area contributed by atoms with E-state index in [4.69, 9.17) is 9.15 Å². The Bertz CT molecular complexity index is 953. The number of hydrogen-bond acceptors (Lipinski definition) is 6. The first kappa shape index (κ1) is 20.5. The number of anilines is 1. The van der Waals surface area contributed by atoms with E-state index in [1.54, 1.807) is 19.2 Å². The molecule has 7 nitrogen and oxygen atoms in total. The number of methoxy groups -OCH3 is 1. The van der Waals surface area contributed by atoms with Crippen molar-refractivity contribution in [3.05, 3.63) is 60.0 Å². The summed E-state index contributed by atoms with van der Waals surface area (Å²) in [4.78, 5) is 14.5. The molecular formula is C22H26N4O3. The number of hydrogen-bond donors (Lipinski definition) is 1. The van der Waals surface area contributed by atoms with Gasteiger partial charge >= 0.3 is 0 Å². The highest BCUT2D eigenvalue weighted by atomic mass is 16.5. The average molecular weight is 394 g/mol. The molecule has 1 atom stereocenters. The first-order chi connectivity index (χ1) is 14.0. The summed E-state index contributed by atoms with van der Waals surface area (Å²) in [6.07, 6.45) is 0. The van der Waals surface area contributed by atoms with Crippen LogP contribution in [0.3, 0.4) is 0 Å². The maximum Gasteiger partial charge on any atom is 0.247 e. The van der Waals surface area contributed by atoms with Gasteiger partial charge in [-0.3, -0.25) is 9.69 Å². The molecule has 7 heteroatoms. The lowest BCUT2D eigenvalue weighted by molar-refractivity contribution is -0.117. The number of aromatic nitrogens is 2. The molecule has 0 saturated heterocycles. The van der Waals surface area contributed by atoms with Crippen LogP contribution >= 0.6 is 0 Å². The summed E-state index contributed by atoms with van der Waals surface area (Å²) in [6, 6.07) is 15.0. The molecule has 1 amide bonds. The van der Waals surface area contributed by atoms with E-state index in [1.807, 2.05) is 62.1 Å². The Kier molecular flexibility index (Phi) is 6.61. The van der Waals surface area contributed by atoms with Crippen LogP contribution in [0.1, 0.15) is 31.3 Å². The molecule has 0 spiro atoms. The second kappa shape index (κ2) is 9.34. The molecular weight excluding hydrogens is 368 g/mol. The van der Waals surface area contributed by atoms with Crippen molar-refractivity contribution >= 4 is 11.6 Å². The summed E-state index contributed by atoms with van der Waals surface area (Å²) in [7, 11) is 1.61. The maximum atomic E-state index is 12.5. The average Bonchev–Trinajstić information content (AvgIpc) is 3.22. The van der Waals surface area contributed by atoms with Crippen molar-refractivity contribution in [3.63, 3.8) is 0 Å². The fourth-order valence-electron chi connectivity index (χ4n) is 3.04. The molecule has 3 rings (SSSR count). The quantitative estimate of drug-likeness (QED) is 0.620. The van der Waals surface area contributed by atoms with Gasteiger partial charge in [0.05, 0.1) is 19.7 Å². The van der Waals surface area contributed by atoms with Gasteiger partial charge in [0.1, 0.15) is 5.75 Å². The molecule has 1 N–H and O–H groups in total. The van der Waals surface area contributed by atoms with Crippen molar-refractivity contribution in [2.75, 3.05) is 25.5 Å². The van der Waals surface area contributed by atoms with E-state index in [2.05, 4.69) is 15.5 Å². The summed E-state index contributed by atoms with van der Waals surface area (Å²) in [5.74, 6) is 1.60. The summed E-state index contributed by atoms with van der Waals surface area (Å²) in [5.41, 5.74) is 2.73. The zero-order chi connectivity index (χ0) is 20.8. The monoisotopic (exact) mass is 394 g/mol. The molecule has 0 fully saturated rings. The Hall–Kier alpha value is -3.19. The molecule has 1 aromatic heterocycles. The highest BCUT2D eigenvalue weighted by molar-refractivity contribution is 5.92. The van der Waals surface area contributed by atoms with E-state index >= 15 is 0 Å². The van der Waals surface area contributed by atoms with Crippen LogP contribution in [-0.4, -0.2) is 41.2 Å². The number of carbonyl (C=O) groups excluding carboxylic acids is 1. The topological polar surface area (TPSA) is 80.5 Å². The highest BCUT2D eigenvalue weighted by Crippen LogP contribution is 2.24. The summed E-state index contributed by atoms with van der Waals surface area (Å²) in [5, 5.41) is 11.3. The Labute approximate surface area is 170 Å². The third-order valence-corrected chi connectivity index (χ3v) is 4.74. The number of likely N-dealkylation sites (N-methyl/N-ethyl adjacent to an activating group) is 1. The third kappa shape index (κ3) is 5.20. The van der Waals surface area contributed by atoms with Gasteiger partial charge < -0.3 is 14.5 Å². The van der Waals surface area contributed by atoms with Gasteiger partial charge in [-0.25, -0.2) is 0 Å². The van der Waals surface area contributed by atoms with Gasteiger partial charge in [0, 0.05) is 11.3 Å². The van der Waals surface area contributed by atoms with Crippen LogP contribution in [0, 0.1) is 6.92 Å². The van der Waals surface area contributed by atoms with Gasteiger partial charge in [0.2, 0.25) is 17.7 Å². The zero-order valence-electron chi connectivity index (χ0n) is 17.2. The van der Waals surface area contributed by atoms with E-state index in [1.165, 1.54) is 0 Å². The fraction of sp³-hybridized carbons (Fsp3) is 0.318. The van der Waals surface area contributed by atoms with Crippen LogP contribution in [0.2, 0.25) is 0 Å². The molecule has 0 aliphatic rings. The largest absolute Gasteiger partial charge is 0.497 e. The SMILES string of the molecule is CCN(CC(=O)Nc1ccc(OC)cc1)[C@@H](C)c1nnc(-c2cccc(C)c2)o1. The van der Waals surface area contributed by atoms with Gasteiger partial charge in [0.15, 0.2) is 0 Å². The van der Waals surface area contributed by atoms with Crippen LogP contribution < -0.4 is 10.1 Å². The standard InChI is InChI=1S/C22H26N4O3/c1-5-26(14-20(27)23-18-9-11-19(28-4)12-10-18)16(3)21-24-25-22(29-21)17-8-6-7-15(2)13-17/h6-13,16H,5,14H2,1-4H3,(H,23,27)/t16-/m0/s1. The number of aryl methyl sites for hydroxylation is 1. The number of ether oxygens (including phenoxy) is 1. The molecule has 0 radical (unpaired) electrons.